The Kier molecular flexibility index (Phi) is 2.27. The third kappa shape index (κ3) is 1.42. The lowest BCUT2D eigenvalue weighted by atomic mass is 10.0. The van der Waals surface area contributed by atoms with Gasteiger partial charge in [0.15, 0.2) is 0 Å². The summed E-state index contributed by atoms with van der Waals surface area (Å²) in [6.07, 6.45) is 0.829. The van der Waals surface area contributed by atoms with E-state index >= 15 is 0 Å². The van der Waals surface area contributed by atoms with Crippen molar-refractivity contribution >= 4 is 16.5 Å². The van der Waals surface area contributed by atoms with E-state index in [0.717, 1.165) is 34.0 Å². The zero-order valence-corrected chi connectivity index (χ0v) is 9.04. The molecule has 0 fully saturated rings. The molecule has 2 aromatic carbocycles. The third-order valence-corrected chi connectivity index (χ3v) is 2.90. The second-order valence-electron chi connectivity index (χ2n) is 3.82. The molecule has 0 atom stereocenters. The standard InChI is InChI=1S/C13H15NO/c1-3-9-5-7-10-11(13(9)15)6-4-8(2)12(10)14/h4-7,15H,3,14H2,1-2H3. The topological polar surface area (TPSA) is 46.2 Å². The van der Waals surface area contributed by atoms with Gasteiger partial charge in [-0.2, -0.15) is 0 Å². The summed E-state index contributed by atoms with van der Waals surface area (Å²) < 4.78 is 0. The first kappa shape index (κ1) is 9.84. The van der Waals surface area contributed by atoms with Gasteiger partial charge in [-0.05, 0) is 24.5 Å². The molecule has 0 saturated heterocycles. The predicted molar refractivity (Wildman–Crippen MR) is 64.1 cm³/mol. The van der Waals surface area contributed by atoms with Crippen LogP contribution in [-0.2, 0) is 6.42 Å². The lowest BCUT2D eigenvalue weighted by Crippen LogP contribution is -1.92. The molecule has 3 N–H and O–H groups in total. The van der Waals surface area contributed by atoms with Crippen LogP contribution in [0.1, 0.15) is 18.1 Å². The molecular formula is C13H15NO. The van der Waals surface area contributed by atoms with E-state index in [-0.39, 0.29) is 0 Å². The lowest BCUT2D eigenvalue weighted by molar-refractivity contribution is 0.475. The molecule has 0 amide bonds. The maximum absolute atomic E-state index is 10.0. The number of aryl methyl sites for hydroxylation is 2. The van der Waals surface area contributed by atoms with Crippen molar-refractivity contribution in [3.8, 4) is 5.75 Å². The van der Waals surface area contributed by atoms with Crippen LogP contribution in [-0.4, -0.2) is 5.11 Å². The van der Waals surface area contributed by atoms with Crippen LogP contribution in [0, 0.1) is 6.92 Å². The van der Waals surface area contributed by atoms with Crippen LogP contribution in [0.2, 0.25) is 0 Å². The SMILES string of the molecule is CCc1ccc2c(N)c(C)ccc2c1O. The van der Waals surface area contributed by atoms with Crippen LogP contribution >= 0.6 is 0 Å². The summed E-state index contributed by atoms with van der Waals surface area (Å²) in [5.41, 5.74) is 8.73. The first-order chi connectivity index (χ1) is 7.15. The molecule has 0 heterocycles. The van der Waals surface area contributed by atoms with Gasteiger partial charge in [0.25, 0.3) is 0 Å². The van der Waals surface area contributed by atoms with Gasteiger partial charge in [0.2, 0.25) is 0 Å². The highest BCUT2D eigenvalue weighted by Crippen LogP contribution is 2.33. The Balaban J connectivity index is 2.85. The molecule has 15 heavy (non-hydrogen) atoms. The maximum atomic E-state index is 10.0. The number of anilines is 1. The molecule has 0 saturated carbocycles. The summed E-state index contributed by atoms with van der Waals surface area (Å²) in [5.74, 6) is 0.363. The van der Waals surface area contributed by atoms with Gasteiger partial charge >= 0.3 is 0 Å². The highest BCUT2D eigenvalue weighted by molar-refractivity contribution is 5.98. The van der Waals surface area contributed by atoms with Crippen LogP contribution in [0.15, 0.2) is 24.3 Å². The smallest absolute Gasteiger partial charge is 0.126 e. The summed E-state index contributed by atoms with van der Waals surface area (Å²) in [6, 6.07) is 7.79. The van der Waals surface area contributed by atoms with Crippen LogP contribution in [0.3, 0.4) is 0 Å². The van der Waals surface area contributed by atoms with E-state index in [2.05, 4.69) is 0 Å². The molecular weight excluding hydrogens is 186 g/mol. The highest BCUT2D eigenvalue weighted by Gasteiger charge is 2.07. The van der Waals surface area contributed by atoms with E-state index < -0.39 is 0 Å². The number of benzene rings is 2. The number of rotatable bonds is 1. The second kappa shape index (κ2) is 3.46. The van der Waals surface area contributed by atoms with Gasteiger partial charge in [-0.25, -0.2) is 0 Å². The molecule has 0 aromatic heterocycles. The zero-order valence-electron chi connectivity index (χ0n) is 9.04. The van der Waals surface area contributed by atoms with Gasteiger partial charge < -0.3 is 10.8 Å². The fourth-order valence-electron chi connectivity index (χ4n) is 1.85. The molecule has 0 aliphatic rings. The minimum Gasteiger partial charge on any atom is -0.507 e. The Morgan fingerprint density at radius 2 is 1.80 bits per heavy atom. The van der Waals surface area contributed by atoms with Crippen molar-refractivity contribution in [3.63, 3.8) is 0 Å². The molecule has 2 heteroatoms. The van der Waals surface area contributed by atoms with E-state index in [9.17, 15) is 5.11 Å². The Morgan fingerprint density at radius 1 is 1.13 bits per heavy atom. The first-order valence-electron chi connectivity index (χ1n) is 5.14. The van der Waals surface area contributed by atoms with Gasteiger partial charge in [-0.15, -0.1) is 0 Å². The Bertz CT molecular complexity index is 517. The third-order valence-electron chi connectivity index (χ3n) is 2.90. The van der Waals surface area contributed by atoms with E-state index in [1.807, 2.05) is 38.1 Å². The molecule has 0 aliphatic carbocycles. The Hall–Kier alpha value is -1.70. The van der Waals surface area contributed by atoms with Gasteiger partial charge in [0, 0.05) is 16.5 Å². The molecule has 2 nitrogen and oxygen atoms in total. The fraction of sp³-hybridized carbons (Fsp3) is 0.231. The number of aromatic hydroxyl groups is 1. The molecule has 0 spiro atoms. The van der Waals surface area contributed by atoms with Crippen molar-refractivity contribution in [2.24, 2.45) is 0 Å². The van der Waals surface area contributed by atoms with Crippen molar-refractivity contribution in [1.82, 2.24) is 0 Å². The minimum absolute atomic E-state index is 0.363. The van der Waals surface area contributed by atoms with Gasteiger partial charge in [-0.3, -0.25) is 0 Å². The summed E-state index contributed by atoms with van der Waals surface area (Å²) in [5, 5.41) is 11.8. The van der Waals surface area contributed by atoms with Gasteiger partial charge in [-0.1, -0.05) is 31.2 Å². The molecule has 78 valence electrons. The van der Waals surface area contributed by atoms with Gasteiger partial charge in [0.1, 0.15) is 5.75 Å². The lowest BCUT2D eigenvalue weighted by Gasteiger charge is -2.09. The van der Waals surface area contributed by atoms with E-state index in [4.69, 9.17) is 5.73 Å². The largest absolute Gasteiger partial charge is 0.507 e. The van der Waals surface area contributed by atoms with Crippen molar-refractivity contribution in [1.29, 1.82) is 0 Å². The molecule has 0 radical (unpaired) electrons. The van der Waals surface area contributed by atoms with Crippen LogP contribution < -0.4 is 5.73 Å². The number of nitrogens with two attached hydrogens (primary N) is 1. The van der Waals surface area contributed by atoms with E-state index in [1.165, 1.54) is 0 Å². The van der Waals surface area contributed by atoms with Crippen LogP contribution in [0.4, 0.5) is 5.69 Å². The number of nitrogen functional groups attached to an aromatic ring is 1. The molecule has 0 aliphatic heterocycles. The molecule has 0 bridgehead atoms. The van der Waals surface area contributed by atoms with Gasteiger partial charge in [0.05, 0.1) is 0 Å². The quantitative estimate of drug-likeness (QED) is 0.697. The molecule has 0 unspecified atom stereocenters. The van der Waals surface area contributed by atoms with Crippen molar-refractivity contribution in [3.05, 3.63) is 35.4 Å². The maximum Gasteiger partial charge on any atom is 0.126 e. The number of phenols is 1. The Morgan fingerprint density at radius 3 is 2.47 bits per heavy atom. The van der Waals surface area contributed by atoms with Crippen LogP contribution in [0.5, 0.6) is 5.75 Å². The number of hydrogen-bond donors (Lipinski definition) is 2. The summed E-state index contributed by atoms with van der Waals surface area (Å²) in [4.78, 5) is 0. The average molecular weight is 201 g/mol. The van der Waals surface area contributed by atoms with Crippen molar-refractivity contribution in [2.75, 3.05) is 5.73 Å². The molecule has 2 aromatic rings. The van der Waals surface area contributed by atoms with E-state index in [1.54, 1.807) is 0 Å². The Labute approximate surface area is 89.3 Å². The first-order valence-corrected chi connectivity index (χ1v) is 5.14. The minimum atomic E-state index is 0.363. The van der Waals surface area contributed by atoms with Crippen LogP contribution in [0.25, 0.3) is 10.8 Å². The number of hydrogen-bond acceptors (Lipinski definition) is 2. The summed E-state index contributed by atoms with van der Waals surface area (Å²) in [6.45, 7) is 4.00. The second-order valence-corrected chi connectivity index (χ2v) is 3.82. The van der Waals surface area contributed by atoms with E-state index in [0.29, 0.717) is 5.75 Å². The highest BCUT2D eigenvalue weighted by atomic mass is 16.3. The summed E-state index contributed by atoms with van der Waals surface area (Å²) in [7, 11) is 0. The average Bonchev–Trinajstić information content (AvgIpc) is 2.24. The number of phenolic OH excluding ortho intramolecular Hbond substituents is 1. The fourth-order valence-corrected chi connectivity index (χ4v) is 1.85. The monoisotopic (exact) mass is 201 g/mol. The summed E-state index contributed by atoms with van der Waals surface area (Å²) >= 11 is 0. The normalized spacial score (nSPS) is 10.8. The molecule has 2 rings (SSSR count). The van der Waals surface area contributed by atoms with Crippen molar-refractivity contribution in [2.45, 2.75) is 20.3 Å². The zero-order chi connectivity index (χ0) is 11.0. The predicted octanol–water partition coefficient (Wildman–Crippen LogP) is 3.00. The number of fused-ring (bicyclic) bond motifs is 1. The van der Waals surface area contributed by atoms with Crippen molar-refractivity contribution < 1.29 is 5.11 Å².